The van der Waals surface area contributed by atoms with Crippen molar-refractivity contribution in [3.8, 4) is 11.5 Å². The number of hydrogen-bond donors (Lipinski definition) is 3. The topological polar surface area (TPSA) is 77.8 Å². The van der Waals surface area contributed by atoms with Gasteiger partial charge in [-0.05, 0) is 37.9 Å². The number of aromatic hydroxyl groups is 2. The van der Waals surface area contributed by atoms with E-state index in [-0.39, 0.29) is 10.0 Å². The van der Waals surface area contributed by atoms with E-state index in [4.69, 9.17) is 10.2 Å². The van der Waals surface area contributed by atoms with Crippen LogP contribution in [0.4, 0.5) is 0 Å². The summed E-state index contributed by atoms with van der Waals surface area (Å²) < 4.78 is 0.551. The Morgan fingerprint density at radius 1 is 1.31 bits per heavy atom. The molecule has 4 nitrogen and oxygen atoms in total. The maximum absolute atomic E-state index is 10.6. The molecule has 1 aromatic rings. The van der Waals surface area contributed by atoms with Gasteiger partial charge in [0.2, 0.25) is 0 Å². The van der Waals surface area contributed by atoms with Crippen molar-refractivity contribution >= 4 is 37.8 Å². The van der Waals surface area contributed by atoms with Crippen molar-refractivity contribution in [3.05, 3.63) is 20.6 Å². The molecule has 0 bridgehead atoms. The van der Waals surface area contributed by atoms with Crippen molar-refractivity contribution in [1.29, 1.82) is 0 Å². The fourth-order valence-corrected chi connectivity index (χ4v) is 1.69. The summed E-state index contributed by atoms with van der Waals surface area (Å²) in [6, 6.07) is 1.20. The molecule has 0 aliphatic heterocycles. The van der Waals surface area contributed by atoms with Gasteiger partial charge in [0.1, 0.15) is 5.56 Å². The van der Waals surface area contributed by atoms with Crippen molar-refractivity contribution in [2.45, 2.75) is 0 Å². The average molecular weight is 312 g/mol. The molecule has 0 unspecified atom stereocenters. The van der Waals surface area contributed by atoms with Crippen LogP contribution in [-0.4, -0.2) is 21.3 Å². The van der Waals surface area contributed by atoms with Gasteiger partial charge in [-0.15, -0.1) is 0 Å². The van der Waals surface area contributed by atoms with E-state index in [1.807, 2.05) is 0 Å². The monoisotopic (exact) mass is 310 g/mol. The molecule has 3 N–H and O–H groups in total. The third-order valence-electron chi connectivity index (χ3n) is 1.39. The van der Waals surface area contributed by atoms with E-state index in [1.54, 1.807) is 0 Å². The highest BCUT2D eigenvalue weighted by molar-refractivity contribution is 9.13. The van der Waals surface area contributed by atoms with Gasteiger partial charge in [-0.2, -0.15) is 0 Å². The standard InChI is InChI=1S/C7H4Br2O4/c8-2-1-3(10)6(11)4(5(2)9)7(12)13/h1,10-11H,(H,12,13). The van der Waals surface area contributed by atoms with Gasteiger partial charge in [0.15, 0.2) is 11.5 Å². The van der Waals surface area contributed by atoms with Gasteiger partial charge < -0.3 is 15.3 Å². The van der Waals surface area contributed by atoms with Gasteiger partial charge in [0.05, 0.1) is 4.47 Å². The lowest BCUT2D eigenvalue weighted by molar-refractivity contribution is 0.0692. The summed E-state index contributed by atoms with van der Waals surface area (Å²) in [5.74, 6) is -2.45. The number of benzene rings is 1. The number of halogens is 2. The van der Waals surface area contributed by atoms with Crippen molar-refractivity contribution in [1.82, 2.24) is 0 Å². The second kappa shape index (κ2) is 3.55. The molecule has 6 heteroatoms. The molecule has 0 heterocycles. The lowest BCUT2D eigenvalue weighted by atomic mass is 10.2. The second-order valence-corrected chi connectivity index (χ2v) is 3.87. The lowest BCUT2D eigenvalue weighted by Gasteiger charge is -2.06. The Kier molecular flexibility index (Phi) is 2.82. The molecule has 0 spiro atoms. The summed E-state index contributed by atoms with van der Waals surface area (Å²) in [6.45, 7) is 0. The normalized spacial score (nSPS) is 10.0. The van der Waals surface area contributed by atoms with E-state index in [0.717, 1.165) is 0 Å². The van der Waals surface area contributed by atoms with Crippen LogP contribution < -0.4 is 0 Å². The molecule has 0 saturated carbocycles. The molecule has 13 heavy (non-hydrogen) atoms. The Hall–Kier alpha value is -0.750. The molecule has 0 atom stereocenters. The zero-order valence-electron chi connectivity index (χ0n) is 6.08. The highest BCUT2D eigenvalue weighted by atomic mass is 79.9. The predicted octanol–water partition coefficient (Wildman–Crippen LogP) is 2.32. The molecule has 0 aliphatic carbocycles. The van der Waals surface area contributed by atoms with Crippen molar-refractivity contribution in [3.63, 3.8) is 0 Å². The Bertz CT molecular complexity index is 349. The van der Waals surface area contributed by atoms with E-state index >= 15 is 0 Å². The first-order valence-corrected chi connectivity index (χ1v) is 4.67. The number of hydrogen-bond acceptors (Lipinski definition) is 3. The van der Waals surface area contributed by atoms with Crippen LogP contribution in [0.2, 0.25) is 0 Å². The van der Waals surface area contributed by atoms with E-state index in [1.165, 1.54) is 6.07 Å². The third kappa shape index (κ3) is 1.78. The molecule has 0 amide bonds. The molecular weight excluding hydrogens is 308 g/mol. The van der Waals surface area contributed by atoms with Gasteiger partial charge >= 0.3 is 5.97 Å². The van der Waals surface area contributed by atoms with Gasteiger partial charge in [-0.3, -0.25) is 0 Å². The van der Waals surface area contributed by atoms with E-state index in [9.17, 15) is 9.90 Å². The summed E-state index contributed by atoms with van der Waals surface area (Å²) >= 11 is 5.98. The number of phenolic OH excluding ortho intramolecular Hbond substituents is 1. The van der Waals surface area contributed by atoms with Crippen molar-refractivity contribution in [2.75, 3.05) is 0 Å². The Morgan fingerprint density at radius 2 is 1.85 bits per heavy atom. The smallest absolute Gasteiger partial charge is 0.340 e. The fraction of sp³-hybridized carbons (Fsp3) is 0. The molecule has 0 aliphatic rings. The highest BCUT2D eigenvalue weighted by Gasteiger charge is 2.19. The largest absolute Gasteiger partial charge is 0.504 e. The Balaban J connectivity index is 3.56. The number of phenols is 2. The first kappa shape index (κ1) is 10.3. The zero-order chi connectivity index (χ0) is 10.2. The quantitative estimate of drug-likeness (QED) is 0.696. The number of aromatic carboxylic acids is 1. The van der Waals surface area contributed by atoms with Crippen LogP contribution in [0, 0.1) is 0 Å². The van der Waals surface area contributed by atoms with Crippen LogP contribution in [0.5, 0.6) is 11.5 Å². The number of carboxylic acid groups (broad SMARTS) is 1. The van der Waals surface area contributed by atoms with Crippen LogP contribution in [0.1, 0.15) is 10.4 Å². The summed E-state index contributed by atoms with van der Waals surface area (Å²) in [6.07, 6.45) is 0. The van der Waals surface area contributed by atoms with Crippen LogP contribution >= 0.6 is 31.9 Å². The van der Waals surface area contributed by atoms with E-state index in [2.05, 4.69) is 31.9 Å². The maximum atomic E-state index is 10.6. The second-order valence-electron chi connectivity index (χ2n) is 2.22. The van der Waals surface area contributed by atoms with Crippen molar-refractivity contribution < 1.29 is 20.1 Å². The minimum atomic E-state index is -1.32. The van der Waals surface area contributed by atoms with Crippen LogP contribution in [0.3, 0.4) is 0 Å². The molecule has 70 valence electrons. The van der Waals surface area contributed by atoms with Gasteiger partial charge in [0, 0.05) is 4.47 Å². The Labute approximate surface area is 90.1 Å². The highest BCUT2D eigenvalue weighted by Crippen LogP contribution is 2.39. The van der Waals surface area contributed by atoms with Crippen LogP contribution in [0.25, 0.3) is 0 Å². The molecule has 0 aromatic heterocycles. The Morgan fingerprint density at radius 3 is 2.31 bits per heavy atom. The number of carbonyl (C=O) groups is 1. The molecule has 1 rings (SSSR count). The minimum absolute atomic E-state index is 0.190. The first-order valence-electron chi connectivity index (χ1n) is 3.08. The van der Waals surface area contributed by atoms with Gasteiger partial charge in [-0.1, -0.05) is 0 Å². The van der Waals surface area contributed by atoms with E-state index in [0.29, 0.717) is 4.47 Å². The molecule has 1 aromatic carbocycles. The summed E-state index contributed by atoms with van der Waals surface area (Å²) in [7, 11) is 0. The summed E-state index contributed by atoms with van der Waals surface area (Å²) in [5.41, 5.74) is -0.369. The predicted molar refractivity (Wildman–Crippen MR) is 52.1 cm³/mol. The molecule has 0 radical (unpaired) electrons. The molecule has 0 fully saturated rings. The first-order chi connectivity index (χ1) is 5.95. The van der Waals surface area contributed by atoms with Crippen LogP contribution in [-0.2, 0) is 0 Å². The van der Waals surface area contributed by atoms with Crippen LogP contribution in [0.15, 0.2) is 15.0 Å². The maximum Gasteiger partial charge on any atom is 0.340 e. The SMILES string of the molecule is O=C(O)c1c(O)c(O)cc(Br)c1Br. The van der Waals surface area contributed by atoms with Gasteiger partial charge in [0.25, 0.3) is 0 Å². The number of rotatable bonds is 1. The summed E-state index contributed by atoms with van der Waals surface area (Å²) in [5, 5.41) is 27.0. The average Bonchev–Trinajstić information content (AvgIpc) is 2.01. The van der Waals surface area contributed by atoms with Gasteiger partial charge in [-0.25, -0.2) is 4.79 Å². The molecular formula is C7H4Br2O4. The lowest BCUT2D eigenvalue weighted by Crippen LogP contribution is -1.98. The summed E-state index contributed by atoms with van der Waals surface area (Å²) in [4.78, 5) is 10.6. The number of carboxylic acids is 1. The fourth-order valence-electron chi connectivity index (χ4n) is 0.798. The third-order valence-corrected chi connectivity index (χ3v) is 3.37. The van der Waals surface area contributed by atoms with E-state index < -0.39 is 17.5 Å². The minimum Gasteiger partial charge on any atom is -0.504 e. The zero-order valence-corrected chi connectivity index (χ0v) is 9.26. The molecule has 0 saturated heterocycles. The van der Waals surface area contributed by atoms with Crippen molar-refractivity contribution in [2.24, 2.45) is 0 Å².